The standard InChI is InChI=1S/C9H10ClF3N2O/c10-6-3-5(7(15)4-14)1-2-8(6)16-9(11,12)13/h1-3,7H,4,14-15H2/t7-/m1/s1. The quantitative estimate of drug-likeness (QED) is 0.869. The van der Waals surface area contributed by atoms with Gasteiger partial charge in [-0.1, -0.05) is 17.7 Å². The Bertz CT molecular complexity index is 370. The summed E-state index contributed by atoms with van der Waals surface area (Å²) in [4.78, 5) is 0. The van der Waals surface area contributed by atoms with Crippen molar-refractivity contribution in [3.05, 3.63) is 28.8 Å². The van der Waals surface area contributed by atoms with Crippen molar-refractivity contribution in [1.29, 1.82) is 0 Å². The molecule has 0 fully saturated rings. The Kier molecular flexibility index (Phi) is 4.01. The van der Waals surface area contributed by atoms with E-state index in [4.69, 9.17) is 23.1 Å². The van der Waals surface area contributed by atoms with Gasteiger partial charge in [0.2, 0.25) is 0 Å². The van der Waals surface area contributed by atoms with Crippen LogP contribution < -0.4 is 16.2 Å². The monoisotopic (exact) mass is 254 g/mol. The predicted molar refractivity (Wildman–Crippen MR) is 54.1 cm³/mol. The van der Waals surface area contributed by atoms with Crippen LogP contribution in [-0.4, -0.2) is 12.9 Å². The van der Waals surface area contributed by atoms with Crippen LogP contribution in [0.2, 0.25) is 5.02 Å². The summed E-state index contributed by atoms with van der Waals surface area (Å²) < 4.78 is 39.5. The molecular formula is C9H10ClF3N2O. The van der Waals surface area contributed by atoms with Gasteiger partial charge >= 0.3 is 6.36 Å². The van der Waals surface area contributed by atoms with Crippen molar-refractivity contribution in [2.24, 2.45) is 11.5 Å². The van der Waals surface area contributed by atoms with Gasteiger partial charge in [0.25, 0.3) is 0 Å². The predicted octanol–water partition coefficient (Wildman–Crippen LogP) is 2.20. The van der Waals surface area contributed by atoms with Gasteiger partial charge in [0.1, 0.15) is 5.75 Å². The van der Waals surface area contributed by atoms with Crippen LogP contribution in [0.4, 0.5) is 13.2 Å². The van der Waals surface area contributed by atoms with Crippen LogP contribution in [-0.2, 0) is 0 Å². The Labute approximate surface area is 95.1 Å². The smallest absolute Gasteiger partial charge is 0.404 e. The van der Waals surface area contributed by atoms with Gasteiger partial charge in [0.05, 0.1) is 5.02 Å². The first-order chi connectivity index (χ1) is 7.33. The molecule has 0 spiro atoms. The highest BCUT2D eigenvalue weighted by Crippen LogP contribution is 2.31. The summed E-state index contributed by atoms with van der Waals surface area (Å²) in [5, 5.41) is -0.154. The third-order valence-corrected chi connectivity index (χ3v) is 2.16. The van der Waals surface area contributed by atoms with Crippen molar-refractivity contribution in [2.45, 2.75) is 12.4 Å². The van der Waals surface area contributed by atoms with Crippen molar-refractivity contribution < 1.29 is 17.9 Å². The highest BCUT2D eigenvalue weighted by atomic mass is 35.5. The van der Waals surface area contributed by atoms with E-state index < -0.39 is 18.2 Å². The number of hydrogen-bond donors (Lipinski definition) is 2. The molecule has 90 valence electrons. The minimum atomic E-state index is -4.76. The number of alkyl halides is 3. The van der Waals surface area contributed by atoms with Gasteiger partial charge in [-0.3, -0.25) is 0 Å². The fourth-order valence-electron chi connectivity index (χ4n) is 1.09. The molecule has 0 amide bonds. The van der Waals surface area contributed by atoms with Crippen LogP contribution in [0.15, 0.2) is 18.2 Å². The summed E-state index contributed by atoms with van der Waals surface area (Å²) in [6.07, 6.45) is -4.76. The molecule has 0 bridgehead atoms. The summed E-state index contributed by atoms with van der Waals surface area (Å²) in [5.41, 5.74) is 11.5. The van der Waals surface area contributed by atoms with Crippen LogP contribution in [0.5, 0.6) is 5.75 Å². The second kappa shape index (κ2) is 4.90. The second-order valence-electron chi connectivity index (χ2n) is 3.08. The van der Waals surface area contributed by atoms with Gasteiger partial charge in [-0.2, -0.15) is 0 Å². The third-order valence-electron chi connectivity index (χ3n) is 1.86. The van der Waals surface area contributed by atoms with Crippen molar-refractivity contribution in [3.8, 4) is 5.75 Å². The van der Waals surface area contributed by atoms with E-state index in [1.165, 1.54) is 12.1 Å². The van der Waals surface area contributed by atoms with E-state index in [0.717, 1.165) is 6.07 Å². The molecule has 0 unspecified atom stereocenters. The molecule has 0 saturated carbocycles. The molecule has 1 atom stereocenters. The largest absolute Gasteiger partial charge is 0.573 e. The molecule has 0 heterocycles. The zero-order valence-corrected chi connectivity index (χ0v) is 8.85. The average Bonchev–Trinajstić information content (AvgIpc) is 2.18. The maximum Gasteiger partial charge on any atom is 0.573 e. The van der Waals surface area contributed by atoms with Crippen molar-refractivity contribution in [2.75, 3.05) is 6.54 Å². The van der Waals surface area contributed by atoms with Crippen LogP contribution in [0.3, 0.4) is 0 Å². The highest BCUT2D eigenvalue weighted by Gasteiger charge is 2.32. The Morgan fingerprint density at radius 2 is 2.00 bits per heavy atom. The van der Waals surface area contributed by atoms with Gasteiger partial charge in [0.15, 0.2) is 0 Å². The Morgan fingerprint density at radius 3 is 2.44 bits per heavy atom. The molecule has 0 aliphatic heterocycles. The Balaban J connectivity index is 2.92. The summed E-state index contributed by atoms with van der Waals surface area (Å²) in [6.45, 7) is 0.176. The molecular weight excluding hydrogens is 245 g/mol. The minimum Gasteiger partial charge on any atom is -0.404 e. The number of ether oxygens (including phenoxy) is 1. The molecule has 1 aromatic carbocycles. The highest BCUT2D eigenvalue weighted by molar-refractivity contribution is 6.32. The first-order valence-corrected chi connectivity index (χ1v) is 4.72. The normalized spacial score (nSPS) is 13.6. The lowest BCUT2D eigenvalue weighted by molar-refractivity contribution is -0.274. The summed E-state index contributed by atoms with van der Waals surface area (Å²) in [6, 6.07) is 3.35. The molecule has 3 nitrogen and oxygen atoms in total. The van der Waals surface area contributed by atoms with Crippen LogP contribution in [0.1, 0.15) is 11.6 Å². The van der Waals surface area contributed by atoms with E-state index in [1.54, 1.807) is 0 Å². The van der Waals surface area contributed by atoms with Gasteiger partial charge in [0, 0.05) is 12.6 Å². The lowest BCUT2D eigenvalue weighted by Gasteiger charge is -2.13. The summed E-state index contributed by atoms with van der Waals surface area (Å²) >= 11 is 5.62. The van der Waals surface area contributed by atoms with E-state index in [1.807, 2.05) is 0 Å². The van der Waals surface area contributed by atoms with E-state index in [-0.39, 0.29) is 11.6 Å². The molecule has 0 aliphatic rings. The number of halogens is 4. The molecule has 1 aromatic rings. The van der Waals surface area contributed by atoms with Gasteiger partial charge in [-0.25, -0.2) is 0 Å². The first-order valence-electron chi connectivity index (χ1n) is 4.34. The maximum absolute atomic E-state index is 11.9. The molecule has 0 aromatic heterocycles. The topological polar surface area (TPSA) is 61.3 Å². The van der Waals surface area contributed by atoms with E-state index in [9.17, 15) is 13.2 Å². The van der Waals surface area contributed by atoms with Crippen molar-refractivity contribution in [3.63, 3.8) is 0 Å². The average molecular weight is 255 g/mol. The minimum absolute atomic E-state index is 0.154. The zero-order chi connectivity index (χ0) is 12.3. The van der Waals surface area contributed by atoms with Crippen molar-refractivity contribution >= 4 is 11.6 Å². The molecule has 4 N–H and O–H groups in total. The maximum atomic E-state index is 11.9. The summed E-state index contributed by atoms with van der Waals surface area (Å²) in [7, 11) is 0. The number of rotatable bonds is 3. The molecule has 7 heteroatoms. The Morgan fingerprint density at radius 1 is 1.38 bits per heavy atom. The Hall–Kier alpha value is -0.980. The molecule has 0 saturated heterocycles. The third kappa shape index (κ3) is 3.55. The van der Waals surface area contributed by atoms with E-state index >= 15 is 0 Å². The second-order valence-corrected chi connectivity index (χ2v) is 3.49. The van der Waals surface area contributed by atoms with Crippen LogP contribution in [0.25, 0.3) is 0 Å². The SMILES string of the molecule is NC[C@@H](N)c1ccc(OC(F)(F)F)c(Cl)c1. The van der Waals surface area contributed by atoms with Crippen LogP contribution >= 0.6 is 11.6 Å². The summed E-state index contributed by atoms with van der Waals surface area (Å²) in [5.74, 6) is -0.456. The molecule has 0 radical (unpaired) electrons. The fraction of sp³-hybridized carbons (Fsp3) is 0.333. The van der Waals surface area contributed by atoms with Gasteiger partial charge in [-0.05, 0) is 17.7 Å². The molecule has 16 heavy (non-hydrogen) atoms. The lowest BCUT2D eigenvalue weighted by Crippen LogP contribution is -2.21. The van der Waals surface area contributed by atoms with Crippen molar-refractivity contribution in [1.82, 2.24) is 0 Å². The number of hydrogen-bond acceptors (Lipinski definition) is 3. The van der Waals surface area contributed by atoms with Gasteiger partial charge < -0.3 is 16.2 Å². The lowest BCUT2D eigenvalue weighted by atomic mass is 10.1. The molecule has 1 rings (SSSR count). The molecule has 0 aliphatic carbocycles. The number of nitrogens with two attached hydrogens (primary N) is 2. The van der Waals surface area contributed by atoms with Gasteiger partial charge in [-0.15, -0.1) is 13.2 Å². The first kappa shape index (κ1) is 13.1. The van der Waals surface area contributed by atoms with Crippen LogP contribution in [0, 0.1) is 0 Å². The van der Waals surface area contributed by atoms with E-state index in [0.29, 0.717) is 5.56 Å². The zero-order valence-electron chi connectivity index (χ0n) is 8.09. The fourth-order valence-corrected chi connectivity index (χ4v) is 1.32. The number of benzene rings is 1. The van der Waals surface area contributed by atoms with E-state index in [2.05, 4.69) is 4.74 Å².